The average molecular weight is 224 g/mol. The van der Waals surface area contributed by atoms with E-state index in [0.717, 1.165) is 11.8 Å². The minimum atomic E-state index is 0.659. The third-order valence-corrected chi connectivity index (χ3v) is 4.76. The van der Waals surface area contributed by atoms with E-state index in [2.05, 4.69) is 0 Å². The molecule has 2 aliphatic heterocycles. The Morgan fingerprint density at radius 2 is 1.06 bits per heavy atom. The zero-order valence-corrected chi connectivity index (χ0v) is 10.5. The fourth-order valence-electron chi connectivity index (χ4n) is 3.73. The van der Waals surface area contributed by atoms with Crippen molar-refractivity contribution in [2.24, 2.45) is 11.8 Å². The Morgan fingerprint density at radius 1 is 0.625 bits per heavy atom. The fraction of sp³-hybridized carbons (Fsp3) is 1.00. The number of ether oxygens (including phenoxy) is 2. The molecular weight excluding hydrogens is 200 g/mol. The van der Waals surface area contributed by atoms with Crippen molar-refractivity contribution in [2.75, 3.05) is 0 Å². The highest BCUT2D eigenvalue weighted by Gasteiger charge is 2.49. The van der Waals surface area contributed by atoms with E-state index in [1.807, 2.05) is 13.8 Å². The molecule has 2 heterocycles. The van der Waals surface area contributed by atoms with E-state index >= 15 is 0 Å². The summed E-state index contributed by atoms with van der Waals surface area (Å²) in [6, 6.07) is 0. The third-order valence-electron chi connectivity index (χ3n) is 4.76. The lowest BCUT2D eigenvalue weighted by Gasteiger charge is -2.30. The molecule has 4 aliphatic rings. The highest BCUT2D eigenvalue weighted by atomic mass is 16.6. The standard InChI is InChI=1S/C12H18O2.C2H6/c1-3-9-11(13-9)5-7(1)8-2-4-10-12(6-8)14-10;1-2/h7-12H,1-6H2;1-2H3. The highest BCUT2D eigenvalue weighted by Crippen LogP contribution is 2.48. The second-order valence-corrected chi connectivity index (χ2v) is 5.57. The number of hydrogen-bond donors (Lipinski definition) is 0. The van der Waals surface area contributed by atoms with Crippen molar-refractivity contribution in [3.8, 4) is 0 Å². The lowest BCUT2D eigenvalue weighted by atomic mass is 9.73. The molecule has 16 heavy (non-hydrogen) atoms. The van der Waals surface area contributed by atoms with Crippen LogP contribution < -0.4 is 0 Å². The summed E-state index contributed by atoms with van der Waals surface area (Å²) in [5.74, 6) is 1.92. The van der Waals surface area contributed by atoms with Crippen LogP contribution in [0.3, 0.4) is 0 Å². The van der Waals surface area contributed by atoms with Gasteiger partial charge < -0.3 is 9.47 Å². The van der Waals surface area contributed by atoms with E-state index < -0.39 is 0 Å². The normalized spacial score (nSPS) is 52.9. The van der Waals surface area contributed by atoms with Crippen molar-refractivity contribution in [3.05, 3.63) is 0 Å². The van der Waals surface area contributed by atoms with Crippen molar-refractivity contribution in [1.29, 1.82) is 0 Å². The summed E-state index contributed by atoms with van der Waals surface area (Å²) >= 11 is 0. The third kappa shape index (κ3) is 2.02. The van der Waals surface area contributed by atoms with Crippen molar-refractivity contribution < 1.29 is 9.47 Å². The predicted molar refractivity (Wildman–Crippen MR) is 63.4 cm³/mol. The monoisotopic (exact) mass is 224 g/mol. The molecule has 0 amide bonds. The van der Waals surface area contributed by atoms with Gasteiger partial charge in [0.1, 0.15) is 0 Å². The van der Waals surface area contributed by atoms with Crippen molar-refractivity contribution in [3.63, 3.8) is 0 Å². The Morgan fingerprint density at radius 3 is 1.44 bits per heavy atom. The SMILES string of the molecule is C1CC2OC2CC1C1CCC2OC2C1.CC. The van der Waals surface area contributed by atoms with E-state index in [0.29, 0.717) is 24.4 Å². The molecule has 0 aromatic heterocycles. The van der Waals surface area contributed by atoms with Crippen LogP contribution in [0.4, 0.5) is 0 Å². The smallest absolute Gasteiger partial charge is 0.0844 e. The first-order valence-electron chi connectivity index (χ1n) is 7.21. The van der Waals surface area contributed by atoms with Crippen LogP contribution in [0.1, 0.15) is 52.4 Å². The van der Waals surface area contributed by atoms with Gasteiger partial charge in [0, 0.05) is 0 Å². The molecule has 2 aliphatic carbocycles. The molecule has 2 saturated carbocycles. The van der Waals surface area contributed by atoms with E-state index in [4.69, 9.17) is 9.47 Å². The maximum atomic E-state index is 5.60. The maximum Gasteiger partial charge on any atom is 0.0844 e. The summed E-state index contributed by atoms with van der Waals surface area (Å²) in [4.78, 5) is 0. The molecule has 2 saturated heterocycles. The molecule has 6 unspecified atom stereocenters. The van der Waals surface area contributed by atoms with Crippen molar-refractivity contribution in [2.45, 2.75) is 76.8 Å². The lowest BCUT2D eigenvalue weighted by Crippen LogP contribution is -2.26. The van der Waals surface area contributed by atoms with Crippen molar-refractivity contribution in [1.82, 2.24) is 0 Å². The predicted octanol–water partition coefficient (Wildman–Crippen LogP) is 3.15. The van der Waals surface area contributed by atoms with Crippen LogP contribution in [0.15, 0.2) is 0 Å². The first-order valence-corrected chi connectivity index (χ1v) is 7.21. The van der Waals surface area contributed by atoms with Gasteiger partial charge in [-0.1, -0.05) is 13.8 Å². The second kappa shape index (κ2) is 4.30. The quantitative estimate of drug-likeness (QED) is 0.639. The summed E-state index contributed by atoms with van der Waals surface area (Å²) < 4.78 is 11.2. The number of hydrogen-bond acceptors (Lipinski definition) is 2. The second-order valence-electron chi connectivity index (χ2n) is 5.57. The van der Waals surface area contributed by atoms with Crippen LogP contribution >= 0.6 is 0 Å². The average Bonchev–Trinajstić information content (AvgIpc) is 3.24. The molecule has 92 valence electrons. The molecule has 6 atom stereocenters. The molecule has 4 fully saturated rings. The first-order chi connectivity index (χ1) is 7.90. The summed E-state index contributed by atoms with van der Waals surface area (Å²) in [6.07, 6.45) is 10.9. The topological polar surface area (TPSA) is 25.1 Å². The van der Waals surface area contributed by atoms with Crippen LogP contribution in [-0.4, -0.2) is 24.4 Å². The fourth-order valence-corrected chi connectivity index (χ4v) is 3.73. The number of epoxide rings is 2. The minimum Gasteiger partial charge on any atom is -0.370 e. The summed E-state index contributed by atoms with van der Waals surface area (Å²) in [6.45, 7) is 4.00. The molecule has 0 radical (unpaired) electrons. The van der Waals surface area contributed by atoms with Gasteiger partial charge in [0.15, 0.2) is 0 Å². The number of fused-ring (bicyclic) bond motifs is 2. The molecule has 0 spiro atoms. The van der Waals surface area contributed by atoms with Crippen LogP contribution in [0.25, 0.3) is 0 Å². The summed E-state index contributed by atoms with van der Waals surface area (Å²) in [5.41, 5.74) is 0. The van der Waals surface area contributed by atoms with Gasteiger partial charge in [-0.2, -0.15) is 0 Å². The number of rotatable bonds is 1. The van der Waals surface area contributed by atoms with E-state index in [1.54, 1.807) is 0 Å². The Kier molecular flexibility index (Phi) is 2.97. The minimum absolute atomic E-state index is 0.659. The Labute approximate surface area is 98.7 Å². The molecule has 2 heteroatoms. The molecule has 0 N–H and O–H groups in total. The highest BCUT2D eigenvalue weighted by molar-refractivity contribution is 4.98. The van der Waals surface area contributed by atoms with Gasteiger partial charge >= 0.3 is 0 Å². The van der Waals surface area contributed by atoms with E-state index in [-0.39, 0.29) is 0 Å². The zero-order valence-electron chi connectivity index (χ0n) is 10.5. The molecular formula is C14H24O2. The van der Waals surface area contributed by atoms with Crippen LogP contribution in [0.5, 0.6) is 0 Å². The summed E-state index contributed by atoms with van der Waals surface area (Å²) in [5, 5.41) is 0. The van der Waals surface area contributed by atoms with E-state index in [1.165, 1.54) is 38.5 Å². The van der Waals surface area contributed by atoms with Crippen molar-refractivity contribution >= 4 is 0 Å². The maximum absolute atomic E-state index is 5.60. The molecule has 0 aromatic rings. The Bertz CT molecular complexity index is 227. The van der Waals surface area contributed by atoms with Crippen LogP contribution in [0, 0.1) is 11.8 Å². The van der Waals surface area contributed by atoms with Gasteiger partial charge in [-0.05, 0) is 50.4 Å². The molecule has 0 bridgehead atoms. The summed E-state index contributed by atoms with van der Waals surface area (Å²) in [7, 11) is 0. The van der Waals surface area contributed by atoms with Crippen LogP contribution in [0.2, 0.25) is 0 Å². The molecule has 4 rings (SSSR count). The van der Waals surface area contributed by atoms with Gasteiger partial charge in [0.25, 0.3) is 0 Å². The van der Waals surface area contributed by atoms with Gasteiger partial charge in [-0.15, -0.1) is 0 Å². The largest absolute Gasteiger partial charge is 0.370 e. The van der Waals surface area contributed by atoms with Gasteiger partial charge in [0.05, 0.1) is 24.4 Å². The Hall–Kier alpha value is -0.0800. The van der Waals surface area contributed by atoms with Gasteiger partial charge in [-0.3, -0.25) is 0 Å². The molecule has 0 aromatic carbocycles. The Balaban J connectivity index is 0.000000386. The van der Waals surface area contributed by atoms with Gasteiger partial charge in [0.2, 0.25) is 0 Å². The van der Waals surface area contributed by atoms with Gasteiger partial charge in [-0.25, -0.2) is 0 Å². The molecule has 2 nitrogen and oxygen atoms in total. The van der Waals surface area contributed by atoms with E-state index in [9.17, 15) is 0 Å². The zero-order chi connectivity index (χ0) is 11.1. The van der Waals surface area contributed by atoms with Crippen LogP contribution in [-0.2, 0) is 9.47 Å². The first kappa shape index (κ1) is 11.0. The lowest BCUT2D eigenvalue weighted by molar-refractivity contribution is 0.217.